The van der Waals surface area contributed by atoms with Crippen LogP contribution in [-0.2, 0) is 4.79 Å². The molecule has 0 radical (unpaired) electrons. The third-order valence-corrected chi connectivity index (χ3v) is 4.83. The molecular weight excluding hydrogens is 290 g/mol. The van der Waals surface area contributed by atoms with Crippen molar-refractivity contribution in [1.82, 2.24) is 15.1 Å². The van der Waals surface area contributed by atoms with E-state index >= 15 is 0 Å². The fourth-order valence-corrected chi connectivity index (χ4v) is 3.22. The normalized spacial score (nSPS) is 18.3. The number of carbonyl (C=O) groups excluding carboxylic acids is 1. The van der Waals surface area contributed by atoms with Crippen LogP contribution in [0.15, 0.2) is 16.5 Å². The van der Waals surface area contributed by atoms with E-state index in [0.717, 1.165) is 44.0 Å². The van der Waals surface area contributed by atoms with E-state index in [1.54, 1.807) is 0 Å². The first-order valence-corrected chi connectivity index (χ1v) is 8.71. The van der Waals surface area contributed by atoms with Crippen molar-refractivity contribution in [3.05, 3.63) is 23.7 Å². The van der Waals surface area contributed by atoms with Crippen LogP contribution in [0.3, 0.4) is 0 Å². The minimum absolute atomic E-state index is 0.0783. The van der Waals surface area contributed by atoms with Crippen LogP contribution in [0.5, 0.6) is 0 Å². The highest BCUT2D eigenvalue weighted by molar-refractivity contribution is 5.76. The molecule has 1 aliphatic heterocycles. The molecule has 1 N–H and O–H groups in total. The number of hydrogen-bond acceptors (Lipinski definition) is 4. The Labute approximate surface area is 140 Å². The lowest BCUT2D eigenvalue weighted by molar-refractivity contribution is -0.122. The lowest BCUT2D eigenvalue weighted by Crippen LogP contribution is -2.38. The molecule has 130 valence electrons. The van der Waals surface area contributed by atoms with Crippen molar-refractivity contribution in [2.24, 2.45) is 5.92 Å². The Morgan fingerprint density at radius 1 is 1.39 bits per heavy atom. The van der Waals surface area contributed by atoms with E-state index in [0.29, 0.717) is 18.9 Å². The summed E-state index contributed by atoms with van der Waals surface area (Å²) in [5.41, 5.74) is 0. The molecule has 5 nitrogen and oxygen atoms in total. The molecule has 1 aliphatic rings. The zero-order chi connectivity index (χ0) is 16.8. The van der Waals surface area contributed by atoms with Crippen molar-refractivity contribution in [3.8, 4) is 0 Å². The van der Waals surface area contributed by atoms with Crippen molar-refractivity contribution in [3.63, 3.8) is 0 Å². The molecule has 0 aromatic carbocycles. The number of amides is 1. The molecule has 1 saturated heterocycles. The van der Waals surface area contributed by atoms with Gasteiger partial charge in [-0.05, 0) is 71.5 Å². The van der Waals surface area contributed by atoms with Crippen LogP contribution >= 0.6 is 0 Å². The van der Waals surface area contributed by atoms with Gasteiger partial charge in [-0.25, -0.2) is 0 Å². The van der Waals surface area contributed by atoms with E-state index in [9.17, 15) is 4.79 Å². The Morgan fingerprint density at radius 3 is 2.61 bits per heavy atom. The lowest BCUT2D eigenvalue weighted by Gasteiger charge is -2.30. The minimum atomic E-state index is 0.0783. The Kier molecular flexibility index (Phi) is 6.66. The number of piperidine rings is 1. The maximum atomic E-state index is 12.3. The largest absolute Gasteiger partial charge is 0.465 e. The number of likely N-dealkylation sites (tertiary alicyclic amines) is 1. The zero-order valence-corrected chi connectivity index (χ0v) is 15.0. The molecule has 2 heterocycles. The van der Waals surface area contributed by atoms with Crippen LogP contribution in [0.2, 0.25) is 0 Å². The van der Waals surface area contributed by atoms with Gasteiger partial charge >= 0.3 is 0 Å². The fourth-order valence-electron chi connectivity index (χ4n) is 3.22. The van der Waals surface area contributed by atoms with Crippen LogP contribution in [0, 0.1) is 12.8 Å². The van der Waals surface area contributed by atoms with Gasteiger partial charge in [-0.1, -0.05) is 6.92 Å². The lowest BCUT2D eigenvalue weighted by atomic mass is 9.93. The van der Waals surface area contributed by atoms with Gasteiger partial charge in [0.05, 0.1) is 6.04 Å². The van der Waals surface area contributed by atoms with E-state index in [1.165, 1.54) is 0 Å². The van der Waals surface area contributed by atoms with Crippen LogP contribution < -0.4 is 5.32 Å². The van der Waals surface area contributed by atoms with Crippen molar-refractivity contribution < 1.29 is 9.21 Å². The molecule has 1 atom stereocenters. The topological polar surface area (TPSA) is 48.7 Å². The Balaban J connectivity index is 1.78. The Morgan fingerprint density at radius 2 is 2.09 bits per heavy atom. The number of hydrogen-bond donors (Lipinski definition) is 1. The number of rotatable bonds is 7. The van der Waals surface area contributed by atoms with Crippen molar-refractivity contribution in [1.29, 1.82) is 0 Å². The molecule has 1 aromatic rings. The summed E-state index contributed by atoms with van der Waals surface area (Å²) in [7, 11) is 4.02. The molecule has 0 saturated carbocycles. The molecule has 0 unspecified atom stereocenters. The highest BCUT2D eigenvalue weighted by Gasteiger charge is 2.22. The molecular formula is C18H31N3O2. The molecule has 1 fully saturated rings. The average Bonchev–Trinajstić information content (AvgIpc) is 2.94. The SMILES string of the molecule is CCN1CCC(CC(=O)NC[C@H](c2ccc(C)o2)N(C)C)CC1. The summed E-state index contributed by atoms with van der Waals surface area (Å²) in [5.74, 6) is 2.50. The van der Waals surface area contributed by atoms with Gasteiger partial charge < -0.3 is 14.6 Å². The first-order valence-electron chi connectivity index (χ1n) is 8.71. The smallest absolute Gasteiger partial charge is 0.220 e. The van der Waals surface area contributed by atoms with Crippen LogP contribution in [0.1, 0.15) is 43.7 Å². The van der Waals surface area contributed by atoms with Crippen LogP contribution in [0.4, 0.5) is 0 Å². The number of nitrogens with one attached hydrogen (secondary N) is 1. The van der Waals surface area contributed by atoms with E-state index < -0.39 is 0 Å². The van der Waals surface area contributed by atoms with Gasteiger partial charge in [-0.3, -0.25) is 9.69 Å². The number of furan rings is 1. The van der Waals surface area contributed by atoms with Gasteiger partial charge in [0.2, 0.25) is 5.91 Å². The maximum absolute atomic E-state index is 12.3. The van der Waals surface area contributed by atoms with E-state index in [2.05, 4.69) is 22.0 Å². The van der Waals surface area contributed by atoms with Crippen molar-refractivity contribution in [2.45, 2.75) is 39.2 Å². The summed E-state index contributed by atoms with van der Waals surface area (Å²) in [4.78, 5) is 16.8. The number of carbonyl (C=O) groups is 1. The van der Waals surface area contributed by atoms with Crippen LogP contribution in [0.25, 0.3) is 0 Å². The van der Waals surface area contributed by atoms with E-state index in [1.807, 2.05) is 33.2 Å². The first kappa shape index (κ1) is 18.0. The average molecular weight is 321 g/mol. The summed E-state index contributed by atoms with van der Waals surface area (Å²) in [6, 6.07) is 4.04. The predicted molar refractivity (Wildman–Crippen MR) is 92.3 cm³/mol. The van der Waals surface area contributed by atoms with Gasteiger partial charge in [-0.2, -0.15) is 0 Å². The van der Waals surface area contributed by atoms with Crippen molar-refractivity contribution in [2.75, 3.05) is 40.3 Å². The van der Waals surface area contributed by atoms with Crippen LogP contribution in [-0.4, -0.2) is 56.0 Å². The maximum Gasteiger partial charge on any atom is 0.220 e. The Bertz CT molecular complexity index is 490. The molecule has 5 heteroatoms. The van der Waals surface area contributed by atoms with Gasteiger partial charge in [0, 0.05) is 13.0 Å². The number of aryl methyl sites for hydroxylation is 1. The fraction of sp³-hybridized carbons (Fsp3) is 0.722. The molecule has 23 heavy (non-hydrogen) atoms. The summed E-state index contributed by atoms with van der Waals surface area (Å²) < 4.78 is 5.71. The molecule has 0 spiro atoms. The molecule has 0 aliphatic carbocycles. The summed E-state index contributed by atoms with van der Waals surface area (Å²) >= 11 is 0. The highest BCUT2D eigenvalue weighted by atomic mass is 16.3. The standard InChI is InChI=1S/C18H31N3O2/c1-5-21-10-8-15(9-11-21)12-18(22)19-13-16(20(3)4)17-7-6-14(2)23-17/h6-7,15-16H,5,8-13H2,1-4H3,(H,19,22)/t16-/m1/s1. The summed E-state index contributed by atoms with van der Waals surface area (Å²) in [5, 5.41) is 3.09. The van der Waals surface area contributed by atoms with Gasteiger partial charge in [0.25, 0.3) is 0 Å². The highest BCUT2D eigenvalue weighted by Crippen LogP contribution is 2.22. The van der Waals surface area contributed by atoms with Gasteiger partial charge in [0.1, 0.15) is 11.5 Å². The first-order chi connectivity index (χ1) is 11.0. The zero-order valence-electron chi connectivity index (χ0n) is 15.0. The minimum Gasteiger partial charge on any atom is -0.465 e. The van der Waals surface area contributed by atoms with Crippen molar-refractivity contribution >= 4 is 5.91 Å². The molecule has 2 rings (SSSR count). The third-order valence-electron chi connectivity index (χ3n) is 4.83. The predicted octanol–water partition coefficient (Wildman–Crippen LogP) is 2.43. The monoisotopic (exact) mass is 321 g/mol. The molecule has 0 bridgehead atoms. The quantitative estimate of drug-likeness (QED) is 0.838. The summed E-state index contributed by atoms with van der Waals surface area (Å²) in [6.45, 7) is 8.10. The third kappa shape index (κ3) is 5.36. The van der Waals surface area contributed by atoms with Gasteiger partial charge in [-0.15, -0.1) is 0 Å². The van der Waals surface area contributed by atoms with Gasteiger partial charge in [0.15, 0.2) is 0 Å². The molecule has 1 aromatic heterocycles. The van der Waals surface area contributed by atoms with E-state index in [-0.39, 0.29) is 11.9 Å². The van der Waals surface area contributed by atoms with E-state index in [4.69, 9.17) is 4.42 Å². The molecule has 1 amide bonds. The second-order valence-electron chi connectivity index (χ2n) is 6.81. The summed E-state index contributed by atoms with van der Waals surface area (Å²) in [6.07, 6.45) is 2.92. The number of likely N-dealkylation sites (N-methyl/N-ethyl adjacent to an activating group) is 1. The Hall–Kier alpha value is -1.33. The second-order valence-corrected chi connectivity index (χ2v) is 6.81. The second kappa shape index (κ2) is 8.50. The number of nitrogens with zero attached hydrogens (tertiary/aromatic N) is 2.